The third kappa shape index (κ3) is 7.11. The van der Waals surface area contributed by atoms with E-state index in [2.05, 4.69) is 65.0 Å². The van der Waals surface area contributed by atoms with Gasteiger partial charge in [0.15, 0.2) is 5.96 Å². The highest BCUT2D eigenvalue weighted by molar-refractivity contribution is 14.0. The summed E-state index contributed by atoms with van der Waals surface area (Å²) in [4.78, 5) is 8.85. The number of benzene rings is 1. The Morgan fingerprint density at radius 1 is 1.23 bits per heavy atom. The number of halogens is 1. The van der Waals surface area contributed by atoms with E-state index in [4.69, 9.17) is 4.74 Å². The zero-order valence-electron chi connectivity index (χ0n) is 16.0. The quantitative estimate of drug-likeness (QED) is 0.331. The summed E-state index contributed by atoms with van der Waals surface area (Å²) in [5.41, 5.74) is 3.38. The van der Waals surface area contributed by atoms with Crippen molar-refractivity contribution >= 4 is 41.3 Å². The summed E-state index contributed by atoms with van der Waals surface area (Å²) in [6, 6.07) is 6.30. The summed E-state index contributed by atoms with van der Waals surface area (Å²) < 4.78 is 5.87. The van der Waals surface area contributed by atoms with E-state index < -0.39 is 0 Å². The van der Waals surface area contributed by atoms with Crippen LogP contribution in [0.1, 0.15) is 42.1 Å². The van der Waals surface area contributed by atoms with E-state index >= 15 is 0 Å². The lowest BCUT2D eigenvalue weighted by Crippen LogP contribution is -2.36. The van der Waals surface area contributed by atoms with Crippen molar-refractivity contribution in [1.82, 2.24) is 15.6 Å². The standard InChI is InChI=1S/C19H28N4OS.HI/c1-5-9-24-17-10-14(3)7-8-15(17)11-21-19(20-4)22-12-16-13-25-18(6-2)23-16;/h7-8,10,13H,5-6,9,11-12H2,1-4H3,(H2,20,21,22);1H. The topological polar surface area (TPSA) is 58.5 Å². The molecule has 7 heteroatoms. The largest absolute Gasteiger partial charge is 0.493 e. The molecule has 1 aromatic carbocycles. The Kier molecular flexibility index (Phi) is 10.6. The van der Waals surface area contributed by atoms with Crippen LogP contribution in [0.3, 0.4) is 0 Å². The van der Waals surface area contributed by atoms with Crippen LogP contribution in [0.2, 0.25) is 0 Å². The summed E-state index contributed by atoms with van der Waals surface area (Å²) in [6.07, 6.45) is 1.98. The smallest absolute Gasteiger partial charge is 0.191 e. The van der Waals surface area contributed by atoms with Gasteiger partial charge in [-0.25, -0.2) is 4.98 Å². The van der Waals surface area contributed by atoms with E-state index in [1.807, 2.05) is 0 Å². The number of aryl methyl sites for hydroxylation is 2. The van der Waals surface area contributed by atoms with Gasteiger partial charge in [-0.2, -0.15) is 0 Å². The molecule has 0 atom stereocenters. The molecule has 144 valence electrons. The van der Waals surface area contributed by atoms with Crippen molar-refractivity contribution in [1.29, 1.82) is 0 Å². The minimum absolute atomic E-state index is 0. The van der Waals surface area contributed by atoms with Crippen LogP contribution in [-0.2, 0) is 19.5 Å². The Morgan fingerprint density at radius 3 is 2.65 bits per heavy atom. The number of aromatic nitrogens is 1. The number of nitrogens with one attached hydrogen (secondary N) is 2. The normalized spacial score (nSPS) is 11.0. The Labute approximate surface area is 177 Å². The van der Waals surface area contributed by atoms with Crippen molar-refractivity contribution < 1.29 is 4.74 Å². The second-order valence-electron chi connectivity index (χ2n) is 5.83. The molecule has 0 fully saturated rings. The Balaban J connectivity index is 0.00000338. The zero-order valence-corrected chi connectivity index (χ0v) is 19.1. The molecule has 0 bridgehead atoms. The maximum absolute atomic E-state index is 5.87. The number of guanidine groups is 1. The molecule has 2 N–H and O–H groups in total. The molecule has 0 spiro atoms. The van der Waals surface area contributed by atoms with Gasteiger partial charge >= 0.3 is 0 Å². The minimum Gasteiger partial charge on any atom is -0.493 e. The van der Waals surface area contributed by atoms with Gasteiger partial charge in [-0.3, -0.25) is 4.99 Å². The third-order valence-corrected chi connectivity index (χ3v) is 4.73. The van der Waals surface area contributed by atoms with Crippen LogP contribution in [0.25, 0.3) is 0 Å². The van der Waals surface area contributed by atoms with Crippen molar-refractivity contribution in [2.45, 2.75) is 46.7 Å². The Hall–Kier alpha value is -1.35. The van der Waals surface area contributed by atoms with E-state index in [1.165, 1.54) is 5.56 Å². The first-order valence-corrected chi connectivity index (χ1v) is 9.64. The van der Waals surface area contributed by atoms with Crippen molar-refractivity contribution in [2.75, 3.05) is 13.7 Å². The van der Waals surface area contributed by atoms with Gasteiger partial charge in [0.2, 0.25) is 0 Å². The van der Waals surface area contributed by atoms with E-state index in [0.29, 0.717) is 13.1 Å². The minimum atomic E-state index is 0. The van der Waals surface area contributed by atoms with Gasteiger partial charge in [0.25, 0.3) is 0 Å². The predicted octanol–water partition coefficient (Wildman–Crippen LogP) is 4.29. The molecule has 0 saturated heterocycles. The molecule has 2 rings (SSSR count). The first-order chi connectivity index (χ1) is 12.2. The number of thiazole rings is 1. The van der Waals surface area contributed by atoms with Crippen LogP contribution in [-0.4, -0.2) is 24.6 Å². The van der Waals surface area contributed by atoms with E-state index in [0.717, 1.165) is 47.4 Å². The molecule has 5 nitrogen and oxygen atoms in total. The van der Waals surface area contributed by atoms with Crippen molar-refractivity contribution in [3.05, 3.63) is 45.4 Å². The SMILES string of the molecule is CCCOc1cc(C)ccc1CNC(=NC)NCc1csc(CC)n1.I. The van der Waals surface area contributed by atoms with Crippen LogP contribution in [0, 0.1) is 6.92 Å². The molecule has 0 saturated carbocycles. The highest BCUT2D eigenvalue weighted by Gasteiger charge is 2.07. The first-order valence-electron chi connectivity index (χ1n) is 8.76. The fraction of sp³-hybridized carbons (Fsp3) is 0.474. The number of aliphatic imine (C=N–C) groups is 1. The summed E-state index contributed by atoms with van der Waals surface area (Å²) >= 11 is 1.70. The van der Waals surface area contributed by atoms with Crippen molar-refractivity contribution in [3.63, 3.8) is 0 Å². The molecule has 1 aromatic heterocycles. The maximum atomic E-state index is 5.87. The number of ether oxygens (including phenoxy) is 1. The fourth-order valence-electron chi connectivity index (χ4n) is 2.32. The fourth-order valence-corrected chi connectivity index (χ4v) is 3.07. The van der Waals surface area contributed by atoms with Gasteiger partial charge in [0.05, 0.1) is 23.9 Å². The molecule has 0 unspecified atom stereocenters. The number of rotatable bonds is 8. The van der Waals surface area contributed by atoms with Crippen molar-refractivity contribution in [3.8, 4) is 5.75 Å². The lowest BCUT2D eigenvalue weighted by Gasteiger charge is -2.15. The molecule has 1 heterocycles. The lowest BCUT2D eigenvalue weighted by molar-refractivity contribution is 0.313. The molecule has 0 aliphatic rings. The molecular formula is C19H29IN4OS. The summed E-state index contributed by atoms with van der Waals surface area (Å²) in [5.74, 6) is 1.70. The predicted molar refractivity (Wildman–Crippen MR) is 121 cm³/mol. The lowest BCUT2D eigenvalue weighted by atomic mass is 10.1. The molecule has 0 aliphatic carbocycles. The molecular weight excluding hydrogens is 459 g/mol. The maximum Gasteiger partial charge on any atom is 0.191 e. The highest BCUT2D eigenvalue weighted by Crippen LogP contribution is 2.20. The van der Waals surface area contributed by atoms with Gasteiger partial charge in [-0.05, 0) is 31.4 Å². The van der Waals surface area contributed by atoms with Gasteiger partial charge in [-0.1, -0.05) is 26.0 Å². The average Bonchev–Trinajstić information content (AvgIpc) is 3.09. The van der Waals surface area contributed by atoms with E-state index in [1.54, 1.807) is 18.4 Å². The molecule has 0 aliphatic heterocycles. The Bertz CT molecular complexity index is 703. The van der Waals surface area contributed by atoms with Crippen LogP contribution < -0.4 is 15.4 Å². The summed E-state index contributed by atoms with van der Waals surface area (Å²) in [7, 11) is 1.78. The zero-order chi connectivity index (χ0) is 18.1. The van der Waals surface area contributed by atoms with E-state index in [9.17, 15) is 0 Å². The molecule has 26 heavy (non-hydrogen) atoms. The summed E-state index contributed by atoms with van der Waals surface area (Å²) in [6.45, 7) is 8.37. The second kappa shape index (κ2) is 12.1. The van der Waals surface area contributed by atoms with Gasteiger partial charge in [0, 0.05) is 24.5 Å². The van der Waals surface area contributed by atoms with Crippen LogP contribution >= 0.6 is 35.3 Å². The number of hydrogen-bond acceptors (Lipinski definition) is 4. The van der Waals surface area contributed by atoms with Crippen LogP contribution in [0.15, 0.2) is 28.6 Å². The van der Waals surface area contributed by atoms with Gasteiger partial charge in [0.1, 0.15) is 5.75 Å². The molecule has 2 aromatic rings. The van der Waals surface area contributed by atoms with Crippen molar-refractivity contribution in [2.24, 2.45) is 4.99 Å². The number of hydrogen-bond donors (Lipinski definition) is 2. The van der Waals surface area contributed by atoms with Gasteiger partial charge < -0.3 is 15.4 Å². The van der Waals surface area contributed by atoms with Gasteiger partial charge in [-0.15, -0.1) is 35.3 Å². The third-order valence-electron chi connectivity index (χ3n) is 3.69. The monoisotopic (exact) mass is 488 g/mol. The average molecular weight is 488 g/mol. The highest BCUT2D eigenvalue weighted by atomic mass is 127. The van der Waals surface area contributed by atoms with Crippen LogP contribution in [0.4, 0.5) is 0 Å². The molecule has 0 radical (unpaired) electrons. The second-order valence-corrected chi connectivity index (χ2v) is 6.77. The summed E-state index contributed by atoms with van der Waals surface area (Å²) in [5, 5.41) is 9.91. The van der Waals surface area contributed by atoms with E-state index in [-0.39, 0.29) is 24.0 Å². The first kappa shape index (κ1) is 22.7. The number of nitrogens with zero attached hydrogens (tertiary/aromatic N) is 2. The van der Waals surface area contributed by atoms with Crippen LogP contribution in [0.5, 0.6) is 5.75 Å². The Morgan fingerprint density at radius 2 is 2.00 bits per heavy atom. The molecule has 0 amide bonds.